The summed E-state index contributed by atoms with van der Waals surface area (Å²) in [5.74, 6) is 0.550. The average Bonchev–Trinajstić information content (AvgIpc) is 2.41. The van der Waals surface area contributed by atoms with E-state index in [9.17, 15) is 4.79 Å². The lowest BCUT2D eigenvalue weighted by atomic mass is 9.77. The quantitative estimate of drug-likeness (QED) is 0.418. The Labute approximate surface area is 86.2 Å². The Morgan fingerprint density at radius 1 is 1.58 bits per heavy atom. The van der Waals surface area contributed by atoms with E-state index in [2.05, 4.69) is 22.6 Å². The molecule has 0 aromatic carbocycles. The van der Waals surface area contributed by atoms with Crippen molar-refractivity contribution in [2.24, 2.45) is 5.92 Å². The Hall–Kier alpha value is 0.200. The van der Waals surface area contributed by atoms with Crippen LogP contribution in [0.5, 0.6) is 0 Å². The lowest BCUT2D eigenvalue weighted by molar-refractivity contribution is -0.148. The first-order valence-corrected chi connectivity index (χ1v) is 6.07. The van der Waals surface area contributed by atoms with Crippen LogP contribution in [-0.2, 0) is 9.53 Å². The molecule has 0 spiro atoms. The summed E-state index contributed by atoms with van der Waals surface area (Å²) in [6.45, 7) is 0. The molecular formula is C9H13IO2. The zero-order valence-corrected chi connectivity index (χ0v) is 9.17. The maximum atomic E-state index is 11.1. The van der Waals surface area contributed by atoms with E-state index in [1.54, 1.807) is 0 Å². The van der Waals surface area contributed by atoms with Gasteiger partial charge in [0, 0.05) is 10.3 Å². The topological polar surface area (TPSA) is 26.3 Å². The first-order chi connectivity index (χ1) is 5.77. The zero-order valence-electron chi connectivity index (χ0n) is 7.01. The van der Waals surface area contributed by atoms with Crippen LogP contribution in [0.4, 0.5) is 0 Å². The first-order valence-electron chi connectivity index (χ1n) is 4.55. The van der Waals surface area contributed by atoms with Gasteiger partial charge in [-0.15, -0.1) is 0 Å². The summed E-state index contributed by atoms with van der Waals surface area (Å²) in [4.78, 5) is 11.1. The van der Waals surface area contributed by atoms with Crippen LogP contribution in [0, 0.1) is 5.92 Å². The van der Waals surface area contributed by atoms with Crippen molar-refractivity contribution in [3.63, 3.8) is 0 Å². The maximum absolute atomic E-state index is 11.1. The number of hydrogen-bond donors (Lipinski definition) is 0. The second-order valence-corrected chi connectivity index (χ2v) is 4.58. The molecule has 2 aliphatic rings. The van der Waals surface area contributed by atoms with Crippen molar-refractivity contribution < 1.29 is 9.53 Å². The molecule has 3 heteroatoms. The molecule has 2 fully saturated rings. The van der Waals surface area contributed by atoms with Crippen molar-refractivity contribution in [1.82, 2.24) is 0 Å². The summed E-state index contributed by atoms with van der Waals surface area (Å²) in [6, 6.07) is 0. The molecule has 2 unspecified atom stereocenters. The molecular weight excluding hydrogens is 267 g/mol. The number of hydrogen-bond acceptors (Lipinski definition) is 2. The summed E-state index contributed by atoms with van der Waals surface area (Å²) >= 11 is 2.35. The Morgan fingerprint density at radius 3 is 3.08 bits per heavy atom. The number of alkyl halides is 1. The minimum Gasteiger partial charge on any atom is -0.458 e. The van der Waals surface area contributed by atoms with Gasteiger partial charge in [0.15, 0.2) is 0 Å². The van der Waals surface area contributed by atoms with Crippen molar-refractivity contribution in [3.05, 3.63) is 0 Å². The van der Waals surface area contributed by atoms with E-state index in [-0.39, 0.29) is 11.6 Å². The van der Waals surface area contributed by atoms with E-state index in [1.807, 2.05) is 0 Å². The molecule has 0 N–H and O–H groups in total. The summed E-state index contributed by atoms with van der Waals surface area (Å²) in [5.41, 5.74) is -0.0596. The largest absolute Gasteiger partial charge is 0.458 e. The second-order valence-electron chi connectivity index (χ2n) is 3.82. The van der Waals surface area contributed by atoms with Crippen molar-refractivity contribution in [2.75, 3.05) is 4.43 Å². The number of fused-ring (bicyclic) bond motifs is 1. The van der Waals surface area contributed by atoms with Gasteiger partial charge in [-0.25, -0.2) is 0 Å². The van der Waals surface area contributed by atoms with Crippen LogP contribution in [0.1, 0.15) is 32.1 Å². The summed E-state index contributed by atoms with van der Waals surface area (Å²) < 4.78 is 6.43. The van der Waals surface area contributed by atoms with E-state index < -0.39 is 0 Å². The number of esters is 1. The smallest absolute Gasteiger partial charge is 0.306 e. The molecule has 1 saturated carbocycles. The highest BCUT2D eigenvalue weighted by molar-refractivity contribution is 14.1. The fourth-order valence-corrected chi connectivity index (χ4v) is 3.54. The molecule has 0 aromatic rings. The van der Waals surface area contributed by atoms with Crippen molar-refractivity contribution in [2.45, 2.75) is 37.7 Å². The number of ether oxygens (including phenoxy) is 1. The SMILES string of the molecule is O=C1CC2CCCCC2(CI)O1. The zero-order chi connectivity index (χ0) is 8.60. The van der Waals surface area contributed by atoms with Gasteiger partial charge in [0.2, 0.25) is 0 Å². The predicted molar refractivity (Wildman–Crippen MR) is 54.3 cm³/mol. The summed E-state index contributed by atoms with van der Waals surface area (Å²) in [7, 11) is 0. The van der Waals surface area contributed by atoms with Crippen molar-refractivity contribution >= 4 is 28.6 Å². The number of carbonyl (C=O) groups is 1. The lowest BCUT2D eigenvalue weighted by Crippen LogP contribution is -2.39. The number of halogens is 1. The molecule has 2 nitrogen and oxygen atoms in total. The molecule has 1 saturated heterocycles. The van der Waals surface area contributed by atoms with Gasteiger partial charge in [0.1, 0.15) is 5.60 Å². The lowest BCUT2D eigenvalue weighted by Gasteiger charge is -2.35. The summed E-state index contributed by atoms with van der Waals surface area (Å²) in [5, 5.41) is 0. The van der Waals surface area contributed by atoms with Crippen molar-refractivity contribution in [3.8, 4) is 0 Å². The first kappa shape index (κ1) is 8.78. The molecule has 12 heavy (non-hydrogen) atoms. The molecule has 1 heterocycles. The third-order valence-electron chi connectivity index (χ3n) is 3.10. The Kier molecular flexibility index (Phi) is 2.31. The van der Waals surface area contributed by atoms with E-state index in [4.69, 9.17) is 4.74 Å². The van der Waals surface area contributed by atoms with Crippen LogP contribution in [-0.4, -0.2) is 16.0 Å². The fourth-order valence-electron chi connectivity index (χ4n) is 2.38. The Morgan fingerprint density at radius 2 is 2.42 bits per heavy atom. The van der Waals surface area contributed by atoms with Gasteiger partial charge >= 0.3 is 5.97 Å². The highest BCUT2D eigenvalue weighted by Crippen LogP contribution is 2.44. The van der Waals surface area contributed by atoms with Gasteiger partial charge in [0.05, 0.1) is 6.42 Å². The maximum Gasteiger partial charge on any atom is 0.306 e. The van der Waals surface area contributed by atoms with E-state index in [0.717, 1.165) is 10.8 Å². The van der Waals surface area contributed by atoms with Crippen molar-refractivity contribution in [1.29, 1.82) is 0 Å². The van der Waals surface area contributed by atoms with Crippen LogP contribution in [0.3, 0.4) is 0 Å². The minimum absolute atomic E-state index is 0.0265. The van der Waals surface area contributed by atoms with Crippen LogP contribution in [0.2, 0.25) is 0 Å². The van der Waals surface area contributed by atoms with Gasteiger partial charge in [-0.3, -0.25) is 4.79 Å². The van der Waals surface area contributed by atoms with E-state index in [0.29, 0.717) is 12.3 Å². The molecule has 1 aliphatic carbocycles. The second kappa shape index (κ2) is 3.16. The molecule has 0 amide bonds. The molecule has 0 aromatic heterocycles. The van der Waals surface area contributed by atoms with Crippen LogP contribution in [0.25, 0.3) is 0 Å². The third-order valence-corrected chi connectivity index (χ3v) is 4.39. The van der Waals surface area contributed by atoms with Gasteiger partial charge in [-0.1, -0.05) is 29.0 Å². The minimum atomic E-state index is -0.0596. The number of carbonyl (C=O) groups excluding carboxylic acids is 1. The Balaban J connectivity index is 2.19. The molecule has 1 aliphatic heterocycles. The number of rotatable bonds is 1. The van der Waals surface area contributed by atoms with Gasteiger partial charge in [0.25, 0.3) is 0 Å². The molecule has 2 rings (SSSR count). The molecule has 0 radical (unpaired) electrons. The van der Waals surface area contributed by atoms with Crippen LogP contribution < -0.4 is 0 Å². The van der Waals surface area contributed by atoms with E-state index in [1.165, 1.54) is 19.3 Å². The average molecular weight is 280 g/mol. The van der Waals surface area contributed by atoms with Crippen LogP contribution >= 0.6 is 22.6 Å². The van der Waals surface area contributed by atoms with Gasteiger partial charge < -0.3 is 4.74 Å². The Bertz CT molecular complexity index is 205. The predicted octanol–water partition coefficient (Wildman–Crippen LogP) is 2.30. The van der Waals surface area contributed by atoms with Gasteiger partial charge in [-0.2, -0.15) is 0 Å². The molecule has 0 bridgehead atoms. The summed E-state index contributed by atoms with van der Waals surface area (Å²) in [6.07, 6.45) is 5.45. The molecule has 68 valence electrons. The van der Waals surface area contributed by atoms with Gasteiger partial charge in [-0.05, 0) is 19.3 Å². The fraction of sp³-hybridized carbons (Fsp3) is 0.889. The normalized spacial score (nSPS) is 40.8. The monoisotopic (exact) mass is 280 g/mol. The highest BCUT2D eigenvalue weighted by atomic mass is 127. The standard InChI is InChI=1S/C9H13IO2/c10-6-9-4-2-1-3-7(9)5-8(11)12-9/h7H,1-6H2. The third kappa shape index (κ3) is 1.26. The highest BCUT2D eigenvalue weighted by Gasteiger charge is 2.49. The van der Waals surface area contributed by atoms with E-state index >= 15 is 0 Å². The molecule has 2 atom stereocenters. The van der Waals surface area contributed by atoms with Crippen LogP contribution in [0.15, 0.2) is 0 Å².